The quantitative estimate of drug-likeness (QED) is 0.789. The van der Waals surface area contributed by atoms with E-state index in [4.69, 9.17) is 0 Å². The minimum atomic E-state index is 0.351. The molecule has 4 heteroatoms. The fourth-order valence-corrected chi connectivity index (χ4v) is 1.94. The monoisotopic (exact) mass is 262 g/mol. The number of nitrogens with zero attached hydrogens (tertiary/aromatic N) is 2. The van der Waals surface area contributed by atoms with E-state index in [-0.39, 0.29) is 0 Å². The molecule has 1 aliphatic carbocycles. The highest BCUT2D eigenvalue weighted by Crippen LogP contribution is 2.30. The number of rotatable bonds is 7. The van der Waals surface area contributed by atoms with Gasteiger partial charge in [0.15, 0.2) is 0 Å². The number of nitrogens with one attached hydrogen (secondary N) is 2. The molecule has 4 nitrogen and oxygen atoms in total. The van der Waals surface area contributed by atoms with Crippen LogP contribution < -0.4 is 10.6 Å². The molecule has 0 saturated heterocycles. The van der Waals surface area contributed by atoms with Gasteiger partial charge in [0.05, 0.1) is 0 Å². The zero-order chi connectivity index (χ0) is 13.8. The molecule has 1 saturated carbocycles. The van der Waals surface area contributed by atoms with Gasteiger partial charge in [-0.3, -0.25) is 0 Å². The van der Waals surface area contributed by atoms with Gasteiger partial charge < -0.3 is 10.6 Å². The zero-order valence-electron chi connectivity index (χ0n) is 12.6. The predicted octanol–water partition coefficient (Wildman–Crippen LogP) is 3.55. The van der Waals surface area contributed by atoms with Gasteiger partial charge in [-0.05, 0) is 32.1 Å². The largest absolute Gasteiger partial charge is 0.370 e. The van der Waals surface area contributed by atoms with Gasteiger partial charge in [0, 0.05) is 24.6 Å². The van der Waals surface area contributed by atoms with Crippen molar-refractivity contribution >= 4 is 11.6 Å². The van der Waals surface area contributed by atoms with Crippen molar-refractivity contribution in [3.05, 3.63) is 11.4 Å². The van der Waals surface area contributed by atoms with Crippen molar-refractivity contribution in [2.24, 2.45) is 5.92 Å². The highest BCUT2D eigenvalue weighted by Gasteiger charge is 2.22. The summed E-state index contributed by atoms with van der Waals surface area (Å²) < 4.78 is 0. The van der Waals surface area contributed by atoms with Crippen molar-refractivity contribution < 1.29 is 0 Å². The molecule has 1 aromatic rings. The summed E-state index contributed by atoms with van der Waals surface area (Å²) in [6.45, 7) is 10.5. The second kappa shape index (κ2) is 6.22. The molecular weight excluding hydrogens is 236 g/mol. The van der Waals surface area contributed by atoms with Gasteiger partial charge in [0.25, 0.3) is 0 Å². The summed E-state index contributed by atoms with van der Waals surface area (Å²) in [4.78, 5) is 9.33. The average molecular weight is 262 g/mol. The standard InChI is InChI=1S/C15H26N4/c1-5-8-16-14-11(4)15(17-9-12-6-7-12)19-13(18-14)10(2)3/h10,12H,5-9H2,1-4H3,(H2,16,17,18,19). The third kappa shape index (κ3) is 3.82. The summed E-state index contributed by atoms with van der Waals surface area (Å²) in [6, 6.07) is 0. The maximum Gasteiger partial charge on any atom is 0.135 e. The molecule has 0 spiro atoms. The van der Waals surface area contributed by atoms with E-state index in [0.29, 0.717) is 5.92 Å². The first-order valence-electron chi connectivity index (χ1n) is 7.48. The minimum absolute atomic E-state index is 0.351. The topological polar surface area (TPSA) is 49.8 Å². The van der Waals surface area contributed by atoms with Crippen LogP contribution in [0.3, 0.4) is 0 Å². The molecule has 19 heavy (non-hydrogen) atoms. The number of hydrogen-bond acceptors (Lipinski definition) is 4. The summed E-state index contributed by atoms with van der Waals surface area (Å²) in [6.07, 6.45) is 3.81. The van der Waals surface area contributed by atoms with Gasteiger partial charge in [0.2, 0.25) is 0 Å². The van der Waals surface area contributed by atoms with E-state index >= 15 is 0 Å². The van der Waals surface area contributed by atoms with Crippen LogP contribution in [0.5, 0.6) is 0 Å². The highest BCUT2D eigenvalue weighted by molar-refractivity contribution is 5.57. The fraction of sp³-hybridized carbons (Fsp3) is 0.733. The van der Waals surface area contributed by atoms with Gasteiger partial charge in [-0.25, -0.2) is 9.97 Å². The first-order chi connectivity index (χ1) is 9.11. The van der Waals surface area contributed by atoms with Crippen LogP contribution in [-0.2, 0) is 0 Å². The molecule has 0 atom stereocenters. The molecular formula is C15H26N4. The third-order valence-electron chi connectivity index (χ3n) is 3.48. The summed E-state index contributed by atoms with van der Waals surface area (Å²) >= 11 is 0. The third-order valence-corrected chi connectivity index (χ3v) is 3.48. The molecule has 1 heterocycles. The van der Waals surface area contributed by atoms with E-state index in [1.807, 2.05) is 0 Å². The first kappa shape index (κ1) is 14.1. The lowest BCUT2D eigenvalue weighted by atomic mass is 10.2. The Labute approximate surface area is 116 Å². The Kier molecular flexibility index (Phi) is 4.61. The van der Waals surface area contributed by atoms with Crippen molar-refractivity contribution in [1.29, 1.82) is 0 Å². The average Bonchev–Trinajstić information content (AvgIpc) is 3.19. The molecule has 0 aromatic carbocycles. The Morgan fingerprint density at radius 1 is 1.16 bits per heavy atom. The van der Waals surface area contributed by atoms with Crippen LogP contribution in [-0.4, -0.2) is 23.1 Å². The highest BCUT2D eigenvalue weighted by atomic mass is 15.1. The molecule has 0 bridgehead atoms. The van der Waals surface area contributed by atoms with Gasteiger partial charge >= 0.3 is 0 Å². The summed E-state index contributed by atoms with van der Waals surface area (Å²) in [5.74, 6) is 4.11. The molecule has 0 amide bonds. The van der Waals surface area contributed by atoms with Gasteiger partial charge in [-0.15, -0.1) is 0 Å². The second-order valence-electron chi connectivity index (χ2n) is 5.81. The number of hydrogen-bond donors (Lipinski definition) is 2. The van der Waals surface area contributed by atoms with E-state index in [9.17, 15) is 0 Å². The molecule has 106 valence electrons. The lowest BCUT2D eigenvalue weighted by Crippen LogP contribution is -2.13. The SMILES string of the molecule is CCCNc1nc(C(C)C)nc(NCC2CC2)c1C. The molecule has 1 aromatic heterocycles. The molecule has 0 radical (unpaired) electrons. The van der Waals surface area contributed by atoms with Crippen LogP contribution in [0.15, 0.2) is 0 Å². The van der Waals surface area contributed by atoms with Crippen LogP contribution in [0.4, 0.5) is 11.6 Å². The first-order valence-corrected chi connectivity index (χ1v) is 7.48. The molecule has 2 N–H and O–H groups in total. The summed E-state index contributed by atoms with van der Waals surface area (Å²) in [5.41, 5.74) is 1.14. The van der Waals surface area contributed by atoms with Crippen molar-refractivity contribution in [2.75, 3.05) is 23.7 Å². The predicted molar refractivity (Wildman–Crippen MR) is 80.9 cm³/mol. The molecule has 2 rings (SSSR count). The Balaban J connectivity index is 2.19. The van der Waals surface area contributed by atoms with Crippen LogP contribution in [0.1, 0.15) is 57.3 Å². The fourth-order valence-electron chi connectivity index (χ4n) is 1.94. The lowest BCUT2D eigenvalue weighted by molar-refractivity contribution is 0.768. The smallest absolute Gasteiger partial charge is 0.135 e. The molecule has 1 aliphatic rings. The normalized spacial score (nSPS) is 14.8. The van der Waals surface area contributed by atoms with Gasteiger partial charge in [0.1, 0.15) is 17.5 Å². The number of anilines is 2. The minimum Gasteiger partial charge on any atom is -0.370 e. The Hall–Kier alpha value is -1.32. The van der Waals surface area contributed by atoms with E-state index in [2.05, 4.69) is 48.3 Å². The van der Waals surface area contributed by atoms with Gasteiger partial charge in [-0.2, -0.15) is 0 Å². The van der Waals surface area contributed by atoms with E-state index in [0.717, 1.165) is 48.5 Å². The lowest BCUT2D eigenvalue weighted by Gasteiger charge is -2.16. The maximum absolute atomic E-state index is 4.68. The molecule has 0 unspecified atom stereocenters. The Bertz CT molecular complexity index is 424. The van der Waals surface area contributed by atoms with Crippen molar-refractivity contribution in [3.63, 3.8) is 0 Å². The van der Waals surface area contributed by atoms with Crippen LogP contribution >= 0.6 is 0 Å². The van der Waals surface area contributed by atoms with Crippen molar-refractivity contribution in [3.8, 4) is 0 Å². The van der Waals surface area contributed by atoms with Crippen LogP contribution in [0, 0.1) is 12.8 Å². The number of aromatic nitrogens is 2. The molecule has 1 fully saturated rings. The van der Waals surface area contributed by atoms with Crippen LogP contribution in [0.25, 0.3) is 0 Å². The van der Waals surface area contributed by atoms with E-state index in [1.54, 1.807) is 0 Å². The second-order valence-corrected chi connectivity index (χ2v) is 5.81. The summed E-state index contributed by atoms with van der Waals surface area (Å²) in [7, 11) is 0. The Morgan fingerprint density at radius 3 is 2.32 bits per heavy atom. The van der Waals surface area contributed by atoms with Crippen LogP contribution in [0.2, 0.25) is 0 Å². The zero-order valence-corrected chi connectivity index (χ0v) is 12.6. The Morgan fingerprint density at radius 2 is 1.79 bits per heavy atom. The van der Waals surface area contributed by atoms with E-state index < -0.39 is 0 Å². The van der Waals surface area contributed by atoms with Crippen molar-refractivity contribution in [2.45, 2.75) is 52.9 Å². The maximum atomic E-state index is 4.68. The van der Waals surface area contributed by atoms with Gasteiger partial charge in [-0.1, -0.05) is 20.8 Å². The summed E-state index contributed by atoms with van der Waals surface area (Å²) in [5, 5.41) is 6.91. The molecule has 0 aliphatic heterocycles. The van der Waals surface area contributed by atoms with E-state index in [1.165, 1.54) is 12.8 Å². The van der Waals surface area contributed by atoms with Crippen molar-refractivity contribution in [1.82, 2.24) is 9.97 Å².